The van der Waals surface area contributed by atoms with Crippen LogP contribution in [0.4, 0.5) is 5.82 Å². The largest absolute Gasteiger partial charge is 0.478 e. The van der Waals surface area contributed by atoms with Crippen molar-refractivity contribution in [3.05, 3.63) is 53.9 Å². The first-order chi connectivity index (χ1) is 9.75. The zero-order valence-electron chi connectivity index (χ0n) is 10.8. The van der Waals surface area contributed by atoms with Crippen LogP contribution in [0.2, 0.25) is 0 Å². The van der Waals surface area contributed by atoms with Gasteiger partial charge in [0, 0.05) is 35.8 Å². The summed E-state index contributed by atoms with van der Waals surface area (Å²) >= 11 is 0. The van der Waals surface area contributed by atoms with E-state index in [4.69, 9.17) is 0 Å². The molecule has 0 amide bonds. The first kappa shape index (κ1) is 12.3. The Morgan fingerprint density at radius 3 is 2.80 bits per heavy atom. The number of H-pyrrole nitrogens is 2. The summed E-state index contributed by atoms with van der Waals surface area (Å²) in [6.45, 7) is 0.660. The van der Waals surface area contributed by atoms with E-state index in [1.165, 1.54) is 0 Å². The number of aromatic nitrogens is 2. The number of hydrogen-bond acceptors (Lipinski definition) is 2. The Labute approximate surface area is 115 Å². The van der Waals surface area contributed by atoms with Gasteiger partial charge >= 0.3 is 5.97 Å². The number of fused-ring (bicyclic) bond motifs is 1. The van der Waals surface area contributed by atoms with Gasteiger partial charge in [-0.2, -0.15) is 0 Å². The molecule has 0 saturated carbocycles. The lowest BCUT2D eigenvalue weighted by atomic mass is 10.1. The molecule has 0 aliphatic rings. The first-order valence-corrected chi connectivity index (χ1v) is 6.46. The number of carbonyl (C=O) groups is 1. The van der Waals surface area contributed by atoms with E-state index < -0.39 is 5.97 Å². The van der Waals surface area contributed by atoms with Crippen LogP contribution in [-0.2, 0) is 6.42 Å². The van der Waals surface area contributed by atoms with Crippen LogP contribution in [0.3, 0.4) is 0 Å². The highest BCUT2D eigenvalue weighted by atomic mass is 16.4. The number of carboxylic acid groups (broad SMARTS) is 1. The number of carboxylic acids is 1. The zero-order chi connectivity index (χ0) is 13.9. The van der Waals surface area contributed by atoms with Gasteiger partial charge in [0.05, 0.1) is 0 Å². The third-order valence-corrected chi connectivity index (χ3v) is 3.28. The van der Waals surface area contributed by atoms with Gasteiger partial charge in [0.25, 0.3) is 0 Å². The van der Waals surface area contributed by atoms with E-state index >= 15 is 0 Å². The fourth-order valence-corrected chi connectivity index (χ4v) is 2.34. The van der Waals surface area contributed by atoms with Gasteiger partial charge in [-0.05, 0) is 18.2 Å². The van der Waals surface area contributed by atoms with Crippen molar-refractivity contribution in [2.75, 3.05) is 11.9 Å². The van der Waals surface area contributed by atoms with Gasteiger partial charge in [0.15, 0.2) is 0 Å². The average Bonchev–Trinajstić information content (AvgIpc) is 3.05. The van der Waals surface area contributed by atoms with Gasteiger partial charge in [-0.15, -0.1) is 0 Å². The molecule has 0 aliphatic carbocycles. The number of hydrogen-bond donors (Lipinski definition) is 4. The molecule has 1 aromatic carbocycles. The lowest BCUT2D eigenvalue weighted by Gasteiger charge is -2.04. The van der Waals surface area contributed by atoms with E-state index in [2.05, 4.69) is 15.3 Å². The molecule has 0 bridgehead atoms. The Morgan fingerprint density at radius 1 is 1.20 bits per heavy atom. The molecular formula is C15H15N3O2. The topological polar surface area (TPSA) is 80.9 Å². The Kier molecular flexibility index (Phi) is 3.16. The number of anilines is 1. The number of aromatic carboxylic acids is 1. The number of nitrogens with one attached hydrogen (secondary N) is 3. The smallest absolute Gasteiger partial charge is 0.340 e. The van der Waals surface area contributed by atoms with E-state index in [0.717, 1.165) is 23.0 Å². The summed E-state index contributed by atoms with van der Waals surface area (Å²) in [7, 11) is 0. The van der Waals surface area contributed by atoms with E-state index in [9.17, 15) is 9.90 Å². The van der Waals surface area contributed by atoms with E-state index in [-0.39, 0.29) is 0 Å². The molecule has 2 aromatic heterocycles. The summed E-state index contributed by atoms with van der Waals surface area (Å²) in [6, 6.07) is 11.4. The van der Waals surface area contributed by atoms with Crippen molar-refractivity contribution < 1.29 is 9.90 Å². The molecule has 3 rings (SSSR count). The monoisotopic (exact) mass is 269 g/mol. The minimum atomic E-state index is -0.926. The summed E-state index contributed by atoms with van der Waals surface area (Å²) in [5, 5.41) is 13.3. The number of para-hydroxylation sites is 1. The van der Waals surface area contributed by atoms with Crippen molar-refractivity contribution in [1.82, 2.24) is 9.97 Å². The summed E-state index contributed by atoms with van der Waals surface area (Å²) in [5.74, 6) is -0.366. The molecule has 0 radical (unpaired) electrons. The molecule has 0 atom stereocenters. The summed E-state index contributed by atoms with van der Waals surface area (Å²) in [6.07, 6.45) is 2.68. The highest BCUT2D eigenvalue weighted by molar-refractivity contribution is 6.08. The van der Waals surface area contributed by atoms with Crippen molar-refractivity contribution >= 4 is 22.7 Å². The number of rotatable bonds is 5. The van der Waals surface area contributed by atoms with Crippen molar-refractivity contribution in [3.8, 4) is 0 Å². The molecule has 5 heteroatoms. The third-order valence-electron chi connectivity index (χ3n) is 3.28. The normalized spacial score (nSPS) is 10.8. The SMILES string of the molecule is O=C(O)c1c(NCCc2ccc[nH]2)[nH]c2ccccc12. The predicted molar refractivity (Wildman–Crippen MR) is 78.2 cm³/mol. The van der Waals surface area contributed by atoms with Crippen LogP contribution in [0.5, 0.6) is 0 Å². The second kappa shape index (κ2) is 5.13. The second-order valence-corrected chi connectivity index (χ2v) is 4.60. The third kappa shape index (κ3) is 2.25. The van der Waals surface area contributed by atoms with Crippen LogP contribution in [0.25, 0.3) is 10.9 Å². The maximum Gasteiger partial charge on any atom is 0.340 e. The summed E-state index contributed by atoms with van der Waals surface area (Å²) in [5.41, 5.74) is 2.24. The Balaban J connectivity index is 1.83. The van der Waals surface area contributed by atoms with Gasteiger partial charge in [-0.25, -0.2) is 4.79 Å². The van der Waals surface area contributed by atoms with Gasteiger partial charge < -0.3 is 20.4 Å². The summed E-state index contributed by atoms with van der Waals surface area (Å²) in [4.78, 5) is 17.7. The lowest BCUT2D eigenvalue weighted by Crippen LogP contribution is -2.09. The zero-order valence-corrected chi connectivity index (χ0v) is 10.8. The van der Waals surface area contributed by atoms with Crippen LogP contribution >= 0.6 is 0 Å². The van der Waals surface area contributed by atoms with Crippen LogP contribution < -0.4 is 5.32 Å². The molecule has 0 spiro atoms. The second-order valence-electron chi connectivity index (χ2n) is 4.60. The standard InChI is InChI=1S/C15H15N3O2/c19-15(20)13-11-5-1-2-6-12(11)18-14(13)17-9-7-10-4-3-8-16-10/h1-6,8,16-18H,7,9H2,(H,19,20). The van der Waals surface area contributed by atoms with Crippen molar-refractivity contribution in [1.29, 1.82) is 0 Å². The van der Waals surface area contributed by atoms with E-state index in [1.54, 1.807) is 0 Å². The highest BCUT2D eigenvalue weighted by Gasteiger charge is 2.16. The fraction of sp³-hybridized carbons (Fsp3) is 0.133. The molecular weight excluding hydrogens is 254 g/mol. The molecule has 0 unspecified atom stereocenters. The minimum absolute atomic E-state index is 0.298. The molecule has 20 heavy (non-hydrogen) atoms. The lowest BCUT2D eigenvalue weighted by molar-refractivity contribution is 0.0700. The molecule has 0 saturated heterocycles. The van der Waals surface area contributed by atoms with Gasteiger partial charge in [0.2, 0.25) is 0 Å². The molecule has 5 nitrogen and oxygen atoms in total. The van der Waals surface area contributed by atoms with Crippen LogP contribution in [0, 0.1) is 0 Å². The van der Waals surface area contributed by atoms with E-state index in [0.29, 0.717) is 17.9 Å². The van der Waals surface area contributed by atoms with Crippen LogP contribution in [0.1, 0.15) is 16.1 Å². The van der Waals surface area contributed by atoms with Crippen LogP contribution in [-0.4, -0.2) is 27.6 Å². The minimum Gasteiger partial charge on any atom is -0.478 e. The Hall–Kier alpha value is -2.69. The van der Waals surface area contributed by atoms with Crippen molar-refractivity contribution in [2.45, 2.75) is 6.42 Å². The maximum absolute atomic E-state index is 11.4. The average molecular weight is 269 g/mol. The highest BCUT2D eigenvalue weighted by Crippen LogP contribution is 2.26. The number of aromatic amines is 2. The molecule has 102 valence electrons. The molecule has 4 N–H and O–H groups in total. The van der Waals surface area contributed by atoms with Crippen LogP contribution in [0.15, 0.2) is 42.6 Å². The first-order valence-electron chi connectivity index (χ1n) is 6.46. The van der Waals surface area contributed by atoms with Gasteiger partial charge in [0.1, 0.15) is 11.4 Å². The molecule has 0 aliphatic heterocycles. The molecule has 0 fully saturated rings. The quantitative estimate of drug-likeness (QED) is 0.575. The van der Waals surface area contributed by atoms with Gasteiger partial charge in [-0.3, -0.25) is 0 Å². The summed E-state index contributed by atoms with van der Waals surface area (Å²) < 4.78 is 0. The Bertz CT molecular complexity index is 729. The predicted octanol–water partition coefficient (Wildman–Crippen LogP) is 2.85. The fourth-order valence-electron chi connectivity index (χ4n) is 2.34. The molecule has 3 aromatic rings. The maximum atomic E-state index is 11.4. The Morgan fingerprint density at radius 2 is 2.05 bits per heavy atom. The van der Waals surface area contributed by atoms with Gasteiger partial charge in [-0.1, -0.05) is 18.2 Å². The van der Waals surface area contributed by atoms with Crippen molar-refractivity contribution in [2.24, 2.45) is 0 Å². The van der Waals surface area contributed by atoms with Crippen molar-refractivity contribution in [3.63, 3.8) is 0 Å². The van der Waals surface area contributed by atoms with E-state index in [1.807, 2.05) is 42.6 Å². The molecule has 2 heterocycles. The number of benzene rings is 1.